The van der Waals surface area contributed by atoms with Gasteiger partial charge in [-0.2, -0.15) is 4.31 Å². The van der Waals surface area contributed by atoms with Gasteiger partial charge < -0.3 is 14.6 Å². The van der Waals surface area contributed by atoms with Crippen molar-refractivity contribution in [3.8, 4) is 0 Å². The summed E-state index contributed by atoms with van der Waals surface area (Å²) in [6.07, 6.45) is 2.32. The highest BCUT2D eigenvalue weighted by atomic mass is 32.2. The number of hydrogen-bond donors (Lipinski definition) is 1. The van der Waals surface area contributed by atoms with Gasteiger partial charge >= 0.3 is 0 Å². The van der Waals surface area contributed by atoms with Gasteiger partial charge in [0.05, 0.1) is 25.1 Å². The first-order chi connectivity index (χ1) is 13.5. The summed E-state index contributed by atoms with van der Waals surface area (Å²) in [4.78, 5) is 17.9. The number of nitrogens with zero attached hydrogens (tertiary/aromatic N) is 2. The first kappa shape index (κ1) is 18.7. The Hall–Kier alpha value is -2.65. The Morgan fingerprint density at radius 3 is 2.79 bits per heavy atom. The van der Waals surface area contributed by atoms with Gasteiger partial charge in [-0.1, -0.05) is 35.5 Å². The van der Waals surface area contributed by atoms with Crippen molar-refractivity contribution >= 4 is 21.6 Å². The van der Waals surface area contributed by atoms with E-state index in [1.165, 1.54) is 10.6 Å². The number of oxime groups is 1. The third-order valence-corrected chi connectivity index (χ3v) is 6.77. The van der Waals surface area contributed by atoms with Crippen LogP contribution >= 0.6 is 0 Å². The zero-order valence-corrected chi connectivity index (χ0v) is 16.0. The molecule has 1 aromatic heterocycles. The molecule has 28 heavy (non-hydrogen) atoms. The van der Waals surface area contributed by atoms with Crippen molar-refractivity contribution in [2.45, 2.75) is 30.7 Å². The Kier molecular flexibility index (Phi) is 4.94. The summed E-state index contributed by atoms with van der Waals surface area (Å²) in [6, 6.07) is 12.6. The summed E-state index contributed by atoms with van der Waals surface area (Å²) in [5, 5.41) is 6.66. The molecule has 1 fully saturated rings. The molecule has 9 heteroatoms. The second-order valence-electron chi connectivity index (χ2n) is 7.08. The van der Waals surface area contributed by atoms with E-state index in [9.17, 15) is 13.2 Å². The fourth-order valence-corrected chi connectivity index (χ4v) is 5.06. The van der Waals surface area contributed by atoms with E-state index in [0.29, 0.717) is 18.7 Å². The molecule has 1 atom stereocenters. The quantitative estimate of drug-likeness (QED) is 0.790. The van der Waals surface area contributed by atoms with Crippen LogP contribution in [0, 0.1) is 0 Å². The van der Waals surface area contributed by atoms with E-state index < -0.39 is 15.6 Å². The van der Waals surface area contributed by atoms with Crippen molar-refractivity contribution in [1.29, 1.82) is 0 Å². The van der Waals surface area contributed by atoms with Gasteiger partial charge in [-0.05, 0) is 17.7 Å². The van der Waals surface area contributed by atoms with Crippen LogP contribution in [0.1, 0.15) is 24.2 Å². The molecule has 148 valence electrons. The van der Waals surface area contributed by atoms with Crippen molar-refractivity contribution in [1.82, 2.24) is 9.62 Å². The molecule has 0 aliphatic carbocycles. The summed E-state index contributed by atoms with van der Waals surface area (Å²) in [7, 11) is -3.46. The predicted molar refractivity (Wildman–Crippen MR) is 102 cm³/mol. The van der Waals surface area contributed by atoms with Crippen LogP contribution in [0.4, 0.5) is 0 Å². The lowest BCUT2D eigenvalue weighted by Crippen LogP contribution is -2.38. The number of nitrogens with one attached hydrogen (secondary N) is 1. The molecule has 8 nitrogen and oxygen atoms in total. The molecule has 1 spiro atoms. The zero-order valence-electron chi connectivity index (χ0n) is 15.2. The van der Waals surface area contributed by atoms with Gasteiger partial charge in [-0.25, -0.2) is 8.42 Å². The standard InChI is InChI=1S/C19H21N3O5S/c23-18(20-12-16-7-4-10-26-16)17-11-19(27-21-17)8-9-22(14-19)28(24,25)13-15-5-2-1-3-6-15/h1-7,10H,8-9,11-14H2,(H,20,23)/t19-/m0/s1. The molecule has 1 amide bonds. The minimum absolute atomic E-state index is 0.0543. The second kappa shape index (κ2) is 7.40. The SMILES string of the molecule is O=C(NCc1ccco1)C1=NO[C@@]2(CCN(S(=O)(=O)Cc3ccccc3)C2)C1. The van der Waals surface area contributed by atoms with Crippen molar-refractivity contribution in [2.75, 3.05) is 13.1 Å². The molecule has 1 N–H and O–H groups in total. The van der Waals surface area contributed by atoms with Gasteiger partial charge in [-0.15, -0.1) is 0 Å². The van der Waals surface area contributed by atoms with Gasteiger partial charge in [0.2, 0.25) is 10.0 Å². The summed E-state index contributed by atoms with van der Waals surface area (Å²) in [5.41, 5.74) is 0.250. The Morgan fingerprint density at radius 1 is 1.21 bits per heavy atom. The normalized spacial score (nSPS) is 22.2. The third kappa shape index (κ3) is 3.95. The van der Waals surface area contributed by atoms with E-state index in [-0.39, 0.29) is 36.9 Å². The monoisotopic (exact) mass is 403 g/mol. The van der Waals surface area contributed by atoms with Gasteiger partial charge in [0.25, 0.3) is 5.91 Å². The summed E-state index contributed by atoms with van der Waals surface area (Å²) < 4.78 is 32.1. The number of benzene rings is 1. The van der Waals surface area contributed by atoms with E-state index >= 15 is 0 Å². The Balaban J connectivity index is 1.34. The van der Waals surface area contributed by atoms with E-state index in [4.69, 9.17) is 9.25 Å². The number of carbonyl (C=O) groups excluding carboxylic acids is 1. The number of carbonyl (C=O) groups is 1. The van der Waals surface area contributed by atoms with Crippen molar-refractivity contribution in [3.05, 3.63) is 60.1 Å². The molecular formula is C19H21N3O5S. The molecule has 0 bridgehead atoms. The minimum Gasteiger partial charge on any atom is -0.467 e. The second-order valence-corrected chi connectivity index (χ2v) is 9.05. The van der Waals surface area contributed by atoms with Crippen LogP contribution in [0.15, 0.2) is 58.3 Å². The number of amides is 1. The van der Waals surface area contributed by atoms with Gasteiger partial charge in [0.15, 0.2) is 5.60 Å². The molecule has 2 aromatic rings. The highest BCUT2D eigenvalue weighted by Gasteiger charge is 2.49. The maximum Gasteiger partial charge on any atom is 0.269 e. The van der Waals surface area contributed by atoms with Crippen molar-refractivity contribution in [2.24, 2.45) is 5.16 Å². The summed E-state index contributed by atoms with van der Waals surface area (Å²) >= 11 is 0. The van der Waals surface area contributed by atoms with E-state index in [1.807, 2.05) is 18.2 Å². The molecule has 2 aliphatic rings. The minimum atomic E-state index is -3.46. The molecule has 0 saturated carbocycles. The van der Waals surface area contributed by atoms with Gasteiger partial charge in [-0.3, -0.25) is 4.79 Å². The van der Waals surface area contributed by atoms with Crippen LogP contribution in [0.2, 0.25) is 0 Å². The maximum absolute atomic E-state index is 12.7. The Morgan fingerprint density at radius 2 is 2.04 bits per heavy atom. The first-order valence-corrected chi connectivity index (χ1v) is 10.6. The van der Waals surface area contributed by atoms with Crippen molar-refractivity contribution < 1.29 is 22.5 Å². The highest BCUT2D eigenvalue weighted by molar-refractivity contribution is 7.88. The van der Waals surface area contributed by atoms with E-state index in [1.54, 1.807) is 24.3 Å². The Bertz CT molecular complexity index is 972. The van der Waals surface area contributed by atoms with Crippen LogP contribution in [-0.2, 0) is 32.0 Å². The lowest BCUT2D eigenvalue weighted by atomic mass is 9.96. The highest BCUT2D eigenvalue weighted by Crippen LogP contribution is 2.35. The zero-order chi connectivity index (χ0) is 19.6. The average molecular weight is 403 g/mol. The molecule has 1 saturated heterocycles. The number of furan rings is 1. The van der Waals surface area contributed by atoms with Gasteiger partial charge in [0, 0.05) is 19.4 Å². The summed E-state index contributed by atoms with van der Waals surface area (Å²) in [6.45, 7) is 0.808. The molecule has 1 aromatic carbocycles. The largest absolute Gasteiger partial charge is 0.467 e. The molecule has 0 unspecified atom stereocenters. The predicted octanol–water partition coefficient (Wildman–Crippen LogP) is 1.65. The van der Waals surface area contributed by atoms with Crippen LogP contribution in [0.5, 0.6) is 0 Å². The molecule has 4 rings (SSSR count). The van der Waals surface area contributed by atoms with Crippen LogP contribution in [0.3, 0.4) is 0 Å². The van der Waals surface area contributed by atoms with Crippen LogP contribution in [0.25, 0.3) is 0 Å². The van der Waals surface area contributed by atoms with Crippen LogP contribution in [-0.4, -0.2) is 43.0 Å². The van der Waals surface area contributed by atoms with E-state index in [2.05, 4.69) is 10.5 Å². The number of sulfonamides is 1. The van der Waals surface area contributed by atoms with Crippen LogP contribution < -0.4 is 5.32 Å². The summed E-state index contributed by atoms with van der Waals surface area (Å²) in [5.74, 6) is 0.252. The lowest BCUT2D eigenvalue weighted by Gasteiger charge is -2.21. The van der Waals surface area contributed by atoms with Crippen molar-refractivity contribution in [3.63, 3.8) is 0 Å². The fraction of sp³-hybridized carbons (Fsp3) is 0.368. The number of hydrogen-bond acceptors (Lipinski definition) is 6. The number of rotatable bonds is 6. The smallest absolute Gasteiger partial charge is 0.269 e. The maximum atomic E-state index is 12.7. The average Bonchev–Trinajstić information content (AvgIpc) is 3.43. The molecule has 3 heterocycles. The Labute approximate surface area is 163 Å². The molecule has 0 radical (unpaired) electrons. The lowest BCUT2D eigenvalue weighted by molar-refractivity contribution is -0.115. The molecular weight excluding hydrogens is 382 g/mol. The first-order valence-electron chi connectivity index (χ1n) is 9.03. The van der Waals surface area contributed by atoms with Gasteiger partial charge in [0.1, 0.15) is 11.5 Å². The third-order valence-electron chi connectivity index (χ3n) is 4.97. The fourth-order valence-electron chi connectivity index (χ4n) is 3.47. The van der Waals surface area contributed by atoms with E-state index in [0.717, 1.165) is 5.56 Å². The molecule has 2 aliphatic heterocycles. The topological polar surface area (TPSA) is 101 Å².